The number of rotatable bonds is 2. The van der Waals surface area contributed by atoms with Crippen LogP contribution in [0.1, 0.15) is 40.0 Å². The SMILES string of the molecule is CC(C)(C)OC(=O)Nc1ccncc1N1CCCCC1. The number of pyridine rings is 1. The second-order valence-corrected chi connectivity index (χ2v) is 6.07. The Bertz CT molecular complexity index is 462. The van der Waals surface area contributed by atoms with E-state index in [9.17, 15) is 4.79 Å². The standard InChI is InChI=1S/C15H23N3O2/c1-15(2,3)20-14(19)17-12-7-8-16-11-13(12)18-9-5-4-6-10-18/h7-8,11H,4-6,9-10H2,1-3H3,(H,16,17,19). The third-order valence-corrected chi connectivity index (χ3v) is 3.13. The van der Waals surface area contributed by atoms with Crippen LogP contribution < -0.4 is 10.2 Å². The molecule has 1 N–H and O–H groups in total. The van der Waals surface area contributed by atoms with Gasteiger partial charge >= 0.3 is 6.09 Å². The Labute approximate surface area is 120 Å². The highest BCUT2D eigenvalue weighted by Crippen LogP contribution is 2.27. The molecule has 0 unspecified atom stereocenters. The van der Waals surface area contributed by atoms with Gasteiger partial charge in [0.15, 0.2) is 0 Å². The fourth-order valence-electron chi connectivity index (χ4n) is 2.29. The number of anilines is 2. The summed E-state index contributed by atoms with van der Waals surface area (Å²) in [6.45, 7) is 7.57. The van der Waals surface area contributed by atoms with Crippen LogP contribution in [0.15, 0.2) is 18.5 Å². The van der Waals surface area contributed by atoms with Crippen molar-refractivity contribution in [1.29, 1.82) is 0 Å². The smallest absolute Gasteiger partial charge is 0.412 e. The van der Waals surface area contributed by atoms with E-state index in [0.717, 1.165) is 24.5 Å². The fourth-order valence-corrected chi connectivity index (χ4v) is 2.29. The van der Waals surface area contributed by atoms with E-state index in [1.165, 1.54) is 19.3 Å². The second kappa shape index (κ2) is 6.11. The number of nitrogens with one attached hydrogen (secondary N) is 1. The topological polar surface area (TPSA) is 54.5 Å². The highest BCUT2D eigenvalue weighted by molar-refractivity contribution is 5.89. The van der Waals surface area contributed by atoms with Crippen LogP contribution in [0.2, 0.25) is 0 Å². The molecule has 1 aromatic rings. The van der Waals surface area contributed by atoms with E-state index >= 15 is 0 Å². The molecule has 5 nitrogen and oxygen atoms in total. The van der Waals surface area contributed by atoms with Crippen molar-refractivity contribution in [3.63, 3.8) is 0 Å². The number of piperidine rings is 1. The molecule has 2 heterocycles. The van der Waals surface area contributed by atoms with Gasteiger partial charge in [-0.15, -0.1) is 0 Å². The first-order valence-electron chi connectivity index (χ1n) is 7.15. The Balaban J connectivity index is 2.09. The summed E-state index contributed by atoms with van der Waals surface area (Å²) in [4.78, 5) is 18.3. The lowest BCUT2D eigenvalue weighted by molar-refractivity contribution is 0.0636. The highest BCUT2D eigenvalue weighted by atomic mass is 16.6. The summed E-state index contributed by atoms with van der Waals surface area (Å²) in [7, 11) is 0. The van der Waals surface area contributed by atoms with Gasteiger partial charge in [-0.1, -0.05) is 0 Å². The number of carbonyl (C=O) groups excluding carboxylic acids is 1. The van der Waals surface area contributed by atoms with E-state index in [-0.39, 0.29) is 0 Å². The Morgan fingerprint density at radius 3 is 2.65 bits per heavy atom. The van der Waals surface area contributed by atoms with Gasteiger partial charge < -0.3 is 9.64 Å². The maximum absolute atomic E-state index is 11.9. The van der Waals surface area contributed by atoms with Crippen LogP contribution in [0.25, 0.3) is 0 Å². The number of carbonyl (C=O) groups is 1. The fraction of sp³-hybridized carbons (Fsp3) is 0.600. The lowest BCUT2D eigenvalue weighted by atomic mass is 10.1. The lowest BCUT2D eigenvalue weighted by Gasteiger charge is -2.30. The molecule has 2 rings (SSSR count). The van der Waals surface area contributed by atoms with Crippen LogP contribution in [0, 0.1) is 0 Å². The van der Waals surface area contributed by atoms with E-state index in [1.807, 2.05) is 26.8 Å². The third-order valence-electron chi connectivity index (χ3n) is 3.13. The largest absolute Gasteiger partial charge is 0.444 e. The minimum Gasteiger partial charge on any atom is -0.444 e. The van der Waals surface area contributed by atoms with Crippen LogP contribution in [0.5, 0.6) is 0 Å². The van der Waals surface area contributed by atoms with Crippen LogP contribution in [-0.2, 0) is 4.74 Å². The minimum absolute atomic E-state index is 0.429. The van der Waals surface area contributed by atoms with E-state index in [1.54, 1.807) is 12.4 Å². The summed E-state index contributed by atoms with van der Waals surface area (Å²) in [5.41, 5.74) is 1.23. The maximum atomic E-state index is 11.9. The molecule has 0 spiro atoms. The van der Waals surface area contributed by atoms with Gasteiger partial charge in [0, 0.05) is 19.3 Å². The van der Waals surface area contributed by atoms with Gasteiger partial charge in [-0.05, 0) is 46.1 Å². The lowest BCUT2D eigenvalue weighted by Crippen LogP contribution is -2.31. The van der Waals surface area contributed by atoms with Crippen LogP contribution >= 0.6 is 0 Å². The zero-order valence-corrected chi connectivity index (χ0v) is 12.5. The average molecular weight is 277 g/mol. The minimum atomic E-state index is -0.498. The van der Waals surface area contributed by atoms with Gasteiger partial charge in [0.05, 0.1) is 17.6 Å². The summed E-state index contributed by atoms with van der Waals surface area (Å²) < 4.78 is 5.30. The Hall–Kier alpha value is -1.78. The van der Waals surface area contributed by atoms with Crippen LogP contribution in [0.4, 0.5) is 16.2 Å². The highest BCUT2D eigenvalue weighted by Gasteiger charge is 2.19. The van der Waals surface area contributed by atoms with Crippen molar-refractivity contribution in [3.8, 4) is 0 Å². The predicted molar refractivity (Wildman–Crippen MR) is 80.2 cm³/mol. The molecule has 1 amide bonds. The number of hydrogen-bond donors (Lipinski definition) is 1. The van der Waals surface area contributed by atoms with Crippen molar-refractivity contribution in [2.45, 2.75) is 45.6 Å². The molecule has 1 aromatic heterocycles. The van der Waals surface area contributed by atoms with Crippen molar-refractivity contribution in [2.75, 3.05) is 23.3 Å². The normalized spacial score (nSPS) is 15.8. The van der Waals surface area contributed by atoms with Crippen molar-refractivity contribution < 1.29 is 9.53 Å². The molecule has 1 saturated heterocycles. The van der Waals surface area contributed by atoms with Gasteiger partial charge in [0.1, 0.15) is 5.60 Å². The second-order valence-electron chi connectivity index (χ2n) is 6.07. The molecule has 1 aliphatic rings. The van der Waals surface area contributed by atoms with Gasteiger partial charge in [0.25, 0.3) is 0 Å². The maximum Gasteiger partial charge on any atom is 0.412 e. The summed E-state index contributed by atoms with van der Waals surface area (Å²) in [6, 6.07) is 1.81. The molecule has 20 heavy (non-hydrogen) atoms. The zero-order chi connectivity index (χ0) is 14.6. The summed E-state index contributed by atoms with van der Waals surface area (Å²) in [5, 5.41) is 2.82. The first-order chi connectivity index (χ1) is 9.46. The Morgan fingerprint density at radius 1 is 1.30 bits per heavy atom. The Morgan fingerprint density at radius 2 is 2.00 bits per heavy atom. The summed E-state index contributed by atoms with van der Waals surface area (Å²) in [6.07, 6.45) is 6.69. The van der Waals surface area contributed by atoms with Crippen molar-refractivity contribution in [3.05, 3.63) is 18.5 Å². The molecule has 0 atom stereocenters. The summed E-state index contributed by atoms with van der Waals surface area (Å²) >= 11 is 0. The molecule has 1 aliphatic heterocycles. The van der Waals surface area contributed by atoms with E-state index in [0.29, 0.717) is 0 Å². The molecule has 0 radical (unpaired) electrons. The van der Waals surface area contributed by atoms with Crippen LogP contribution in [-0.4, -0.2) is 29.8 Å². The first-order valence-corrected chi connectivity index (χ1v) is 7.15. The molecular formula is C15H23N3O2. The molecule has 0 bridgehead atoms. The third kappa shape index (κ3) is 4.11. The zero-order valence-electron chi connectivity index (χ0n) is 12.5. The number of hydrogen-bond acceptors (Lipinski definition) is 4. The van der Waals surface area contributed by atoms with E-state index in [2.05, 4.69) is 15.2 Å². The van der Waals surface area contributed by atoms with E-state index in [4.69, 9.17) is 4.74 Å². The van der Waals surface area contributed by atoms with Gasteiger partial charge in [0.2, 0.25) is 0 Å². The monoisotopic (exact) mass is 277 g/mol. The number of ether oxygens (including phenoxy) is 1. The van der Waals surface area contributed by atoms with Gasteiger partial charge in [-0.2, -0.15) is 0 Å². The molecule has 5 heteroatoms. The molecule has 110 valence electrons. The van der Waals surface area contributed by atoms with E-state index < -0.39 is 11.7 Å². The summed E-state index contributed by atoms with van der Waals surface area (Å²) in [5.74, 6) is 0. The molecule has 0 aliphatic carbocycles. The molecule has 0 aromatic carbocycles. The predicted octanol–water partition coefficient (Wildman–Crippen LogP) is 3.42. The van der Waals surface area contributed by atoms with Gasteiger partial charge in [-0.25, -0.2) is 4.79 Å². The number of amides is 1. The van der Waals surface area contributed by atoms with Crippen molar-refractivity contribution >= 4 is 17.5 Å². The number of nitrogens with zero attached hydrogens (tertiary/aromatic N) is 2. The van der Waals surface area contributed by atoms with Crippen molar-refractivity contribution in [2.24, 2.45) is 0 Å². The first kappa shape index (κ1) is 14.6. The average Bonchev–Trinajstić information content (AvgIpc) is 2.38. The van der Waals surface area contributed by atoms with Crippen molar-refractivity contribution in [1.82, 2.24) is 4.98 Å². The molecular weight excluding hydrogens is 254 g/mol. The Kier molecular flexibility index (Phi) is 4.47. The quantitative estimate of drug-likeness (QED) is 0.900. The molecule has 0 saturated carbocycles. The van der Waals surface area contributed by atoms with Gasteiger partial charge in [-0.3, -0.25) is 10.3 Å². The number of aromatic nitrogens is 1. The molecule has 1 fully saturated rings. The van der Waals surface area contributed by atoms with Crippen LogP contribution in [0.3, 0.4) is 0 Å².